The van der Waals surface area contributed by atoms with Crippen molar-refractivity contribution in [3.05, 3.63) is 34.8 Å². The first-order chi connectivity index (χ1) is 9.61. The number of nitrogens with zero attached hydrogens (tertiary/aromatic N) is 1. The van der Waals surface area contributed by atoms with Crippen molar-refractivity contribution in [1.82, 2.24) is 10.3 Å². The molecule has 0 aliphatic carbocycles. The van der Waals surface area contributed by atoms with Crippen LogP contribution in [0.5, 0.6) is 5.75 Å². The molecule has 0 spiro atoms. The average Bonchev–Trinajstić information content (AvgIpc) is 2.84. The number of nitrogens with one attached hydrogen (secondary N) is 1. The van der Waals surface area contributed by atoms with E-state index in [0.29, 0.717) is 11.7 Å². The third kappa shape index (κ3) is 3.58. The van der Waals surface area contributed by atoms with Crippen molar-refractivity contribution < 1.29 is 5.11 Å². The highest BCUT2D eigenvalue weighted by atomic mass is 32.1. The molecule has 0 radical (unpaired) electrons. The molecule has 0 saturated carbocycles. The van der Waals surface area contributed by atoms with E-state index in [9.17, 15) is 5.11 Å². The summed E-state index contributed by atoms with van der Waals surface area (Å²) in [6.45, 7) is 8.45. The zero-order valence-corrected chi connectivity index (χ0v) is 13.1. The summed E-state index contributed by atoms with van der Waals surface area (Å²) in [5.74, 6) is 0.717. The standard InChI is InChI=1S/C16H22N2OS/c1-4-9-17-10-14-15(11(2)3)18-16(20-14)12-5-7-13(19)8-6-12/h5-8,11,17,19H,4,9-10H2,1-3H3. The molecule has 0 bridgehead atoms. The molecular formula is C16H22N2OS. The second-order valence-corrected chi connectivity index (χ2v) is 6.29. The van der Waals surface area contributed by atoms with Gasteiger partial charge in [-0.05, 0) is 43.1 Å². The number of hydrogen-bond acceptors (Lipinski definition) is 4. The van der Waals surface area contributed by atoms with E-state index in [4.69, 9.17) is 4.98 Å². The minimum Gasteiger partial charge on any atom is -0.508 e. The number of phenolic OH excluding ortho intramolecular Hbond substituents is 1. The van der Waals surface area contributed by atoms with E-state index in [-0.39, 0.29) is 0 Å². The second-order valence-electron chi connectivity index (χ2n) is 5.21. The third-order valence-electron chi connectivity index (χ3n) is 3.10. The molecule has 2 rings (SSSR count). The van der Waals surface area contributed by atoms with Gasteiger partial charge in [-0.2, -0.15) is 0 Å². The van der Waals surface area contributed by atoms with Crippen molar-refractivity contribution in [1.29, 1.82) is 0 Å². The van der Waals surface area contributed by atoms with Gasteiger partial charge in [0.15, 0.2) is 0 Å². The predicted octanol–water partition coefficient (Wildman–Crippen LogP) is 4.14. The normalized spacial score (nSPS) is 11.2. The summed E-state index contributed by atoms with van der Waals surface area (Å²) < 4.78 is 0. The van der Waals surface area contributed by atoms with E-state index in [0.717, 1.165) is 30.1 Å². The largest absolute Gasteiger partial charge is 0.508 e. The van der Waals surface area contributed by atoms with Gasteiger partial charge in [-0.3, -0.25) is 0 Å². The Kier molecular flexibility index (Phi) is 5.15. The predicted molar refractivity (Wildman–Crippen MR) is 85.3 cm³/mol. The summed E-state index contributed by atoms with van der Waals surface area (Å²) in [5.41, 5.74) is 2.25. The summed E-state index contributed by atoms with van der Waals surface area (Å²) in [6, 6.07) is 7.25. The van der Waals surface area contributed by atoms with Gasteiger partial charge in [0.1, 0.15) is 10.8 Å². The first-order valence-electron chi connectivity index (χ1n) is 7.11. The topological polar surface area (TPSA) is 45.1 Å². The summed E-state index contributed by atoms with van der Waals surface area (Å²) in [7, 11) is 0. The molecule has 0 fully saturated rings. The minimum atomic E-state index is 0.291. The Labute approximate surface area is 124 Å². The highest BCUT2D eigenvalue weighted by Gasteiger charge is 2.14. The summed E-state index contributed by atoms with van der Waals surface area (Å²) >= 11 is 1.74. The molecule has 2 aromatic rings. The highest BCUT2D eigenvalue weighted by Crippen LogP contribution is 2.32. The monoisotopic (exact) mass is 290 g/mol. The Hall–Kier alpha value is -1.39. The lowest BCUT2D eigenvalue weighted by Crippen LogP contribution is -2.14. The van der Waals surface area contributed by atoms with Crippen LogP contribution in [0.4, 0.5) is 0 Å². The minimum absolute atomic E-state index is 0.291. The number of phenols is 1. The fraction of sp³-hybridized carbons (Fsp3) is 0.438. The van der Waals surface area contributed by atoms with Gasteiger partial charge in [0.2, 0.25) is 0 Å². The molecule has 20 heavy (non-hydrogen) atoms. The van der Waals surface area contributed by atoms with E-state index in [1.54, 1.807) is 23.5 Å². The molecule has 0 unspecified atom stereocenters. The number of aromatic hydroxyl groups is 1. The quantitative estimate of drug-likeness (QED) is 0.786. The molecule has 1 aromatic heterocycles. The van der Waals surface area contributed by atoms with Crippen molar-refractivity contribution >= 4 is 11.3 Å². The number of thiazole rings is 1. The van der Waals surface area contributed by atoms with Crippen LogP contribution in [0.15, 0.2) is 24.3 Å². The third-order valence-corrected chi connectivity index (χ3v) is 4.22. The molecule has 2 N–H and O–H groups in total. The van der Waals surface area contributed by atoms with E-state index in [1.165, 1.54) is 10.6 Å². The molecular weight excluding hydrogens is 268 g/mol. The Morgan fingerprint density at radius 1 is 1.25 bits per heavy atom. The van der Waals surface area contributed by atoms with E-state index >= 15 is 0 Å². The maximum Gasteiger partial charge on any atom is 0.123 e. The van der Waals surface area contributed by atoms with Gasteiger partial charge in [0.05, 0.1) is 5.69 Å². The molecule has 0 saturated heterocycles. The van der Waals surface area contributed by atoms with Crippen LogP contribution in [-0.4, -0.2) is 16.6 Å². The second kappa shape index (κ2) is 6.86. The molecule has 0 aliphatic rings. The van der Waals surface area contributed by atoms with Crippen LogP contribution in [0.25, 0.3) is 10.6 Å². The van der Waals surface area contributed by atoms with Crippen molar-refractivity contribution in [2.45, 2.75) is 39.7 Å². The Morgan fingerprint density at radius 2 is 1.95 bits per heavy atom. The van der Waals surface area contributed by atoms with Gasteiger partial charge >= 0.3 is 0 Å². The first kappa shape index (κ1) is 15.0. The van der Waals surface area contributed by atoms with Crippen LogP contribution < -0.4 is 5.32 Å². The van der Waals surface area contributed by atoms with Crippen molar-refractivity contribution in [3.63, 3.8) is 0 Å². The van der Waals surface area contributed by atoms with E-state index in [2.05, 4.69) is 26.1 Å². The Bertz CT molecular complexity index is 546. The van der Waals surface area contributed by atoms with E-state index in [1.807, 2.05) is 12.1 Å². The fourth-order valence-corrected chi connectivity index (χ4v) is 3.24. The lowest BCUT2D eigenvalue weighted by Gasteiger charge is -2.05. The van der Waals surface area contributed by atoms with Gasteiger partial charge < -0.3 is 10.4 Å². The van der Waals surface area contributed by atoms with Crippen LogP contribution in [0.1, 0.15) is 43.7 Å². The van der Waals surface area contributed by atoms with Gasteiger partial charge in [-0.25, -0.2) is 4.98 Å². The molecule has 108 valence electrons. The Balaban J connectivity index is 2.26. The SMILES string of the molecule is CCCNCc1sc(-c2ccc(O)cc2)nc1C(C)C. The number of aromatic nitrogens is 1. The van der Waals surface area contributed by atoms with Crippen LogP contribution in [0, 0.1) is 0 Å². The van der Waals surface area contributed by atoms with Gasteiger partial charge in [-0.15, -0.1) is 11.3 Å². The summed E-state index contributed by atoms with van der Waals surface area (Å²) in [4.78, 5) is 6.10. The molecule has 4 heteroatoms. The zero-order valence-electron chi connectivity index (χ0n) is 12.3. The number of benzene rings is 1. The first-order valence-corrected chi connectivity index (χ1v) is 7.93. The lowest BCUT2D eigenvalue weighted by atomic mass is 10.1. The fourth-order valence-electron chi connectivity index (χ4n) is 2.05. The van der Waals surface area contributed by atoms with Crippen LogP contribution in [-0.2, 0) is 6.54 Å². The van der Waals surface area contributed by atoms with Crippen molar-refractivity contribution in [2.24, 2.45) is 0 Å². The molecule has 0 aliphatic heterocycles. The van der Waals surface area contributed by atoms with Crippen LogP contribution in [0.2, 0.25) is 0 Å². The number of rotatable bonds is 6. The zero-order chi connectivity index (χ0) is 14.5. The maximum atomic E-state index is 9.37. The van der Waals surface area contributed by atoms with Gasteiger partial charge in [-0.1, -0.05) is 20.8 Å². The van der Waals surface area contributed by atoms with Crippen molar-refractivity contribution in [3.8, 4) is 16.3 Å². The van der Waals surface area contributed by atoms with Gasteiger partial charge in [0, 0.05) is 17.0 Å². The molecule has 3 nitrogen and oxygen atoms in total. The molecule has 0 atom stereocenters. The van der Waals surface area contributed by atoms with Gasteiger partial charge in [0.25, 0.3) is 0 Å². The van der Waals surface area contributed by atoms with Crippen LogP contribution >= 0.6 is 11.3 Å². The lowest BCUT2D eigenvalue weighted by molar-refractivity contribution is 0.475. The highest BCUT2D eigenvalue weighted by molar-refractivity contribution is 7.15. The van der Waals surface area contributed by atoms with Crippen LogP contribution in [0.3, 0.4) is 0 Å². The molecule has 1 heterocycles. The van der Waals surface area contributed by atoms with Crippen molar-refractivity contribution in [2.75, 3.05) is 6.54 Å². The smallest absolute Gasteiger partial charge is 0.123 e. The summed E-state index contributed by atoms with van der Waals surface area (Å²) in [6.07, 6.45) is 1.14. The average molecular weight is 290 g/mol. The summed E-state index contributed by atoms with van der Waals surface area (Å²) in [5, 5.41) is 13.8. The molecule has 1 aromatic carbocycles. The number of hydrogen-bond donors (Lipinski definition) is 2. The Morgan fingerprint density at radius 3 is 2.55 bits per heavy atom. The van der Waals surface area contributed by atoms with E-state index < -0.39 is 0 Å². The maximum absolute atomic E-state index is 9.37. The molecule has 0 amide bonds.